The summed E-state index contributed by atoms with van der Waals surface area (Å²) in [5.41, 5.74) is 3.33. The number of aryl methyl sites for hydroxylation is 1. The third-order valence-corrected chi connectivity index (χ3v) is 5.20. The summed E-state index contributed by atoms with van der Waals surface area (Å²) in [6.07, 6.45) is 0. The van der Waals surface area contributed by atoms with Crippen LogP contribution in [0.2, 0.25) is 0 Å². The molecule has 0 N–H and O–H groups in total. The molecule has 2 unspecified atom stereocenters. The fourth-order valence-corrected chi connectivity index (χ4v) is 3.54. The van der Waals surface area contributed by atoms with Gasteiger partial charge >= 0.3 is 0 Å². The van der Waals surface area contributed by atoms with E-state index in [1.807, 2.05) is 12.1 Å². The van der Waals surface area contributed by atoms with Crippen LogP contribution in [0.4, 0.5) is 0 Å². The highest BCUT2D eigenvalue weighted by molar-refractivity contribution is 8.00. The molecule has 18 heavy (non-hydrogen) atoms. The third-order valence-electron chi connectivity index (χ3n) is 3.86. The molecule has 1 aliphatic heterocycles. The van der Waals surface area contributed by atoms with Gasteiger partial charge in [0.2, 0.25) is 0 Å². The summed E-state index contributed by atoms with van der Waals surface area (Å²) in [4.78, 5) is 2.55. The smallest absolute Gasteiger partial charge is 0.0991 e. The second-order valence-electron chi connectivity index (χ2n) is 5.04. The molecule has 0 spiro atoms. The van der Waals surface area contributed by atoms with Crippen molar-refractivity contribution >= 4 is 11.8 Å². The van der Waals surface area contributed by atoms with Crippen LogP contribution in [0.3, 0.4) is 0 Å². The molecule has 96 valence electrons. The average molecular weight is 260 g/mol. The topological polar surface area (TPSA) is 27.0 Å². The van der Waals surface area contributed by atoms with Crippen LogP contribution < -0.4 is 0 Å². The molecule has 0 radical (unpaired) electrons. The molecule has 2 atom stereocenters. The quantitative estimate of drug-likeness (QED) is 0.817. The summed E-state index contributed by atoms with van der Waals surface area (Å²) < 4.78 is 0. The van der Waals surface area contributed by atoms with Gasteiger partial charge in [0, 0.05) is 30.1 Å². The lowest BCUT2D eigenvalue weighted by Crippen LogP contribution is -2.44. The molecule has 1 saturated heterocycles. The van der Waals surface area contributed by atoms with Crippen LogP contribution in [-0.4, -0.2) is 28.5 Å². The van der Waals surface area contributed by atoms with Crippen molar-refractivity contribution in [3.05, 3.63) is 34.9 Å². The number of nitrogens with zero attached hydrogens (tertiary/aromatic N) is 2. The lowest BCUT2D eigenvalue weighted by molar-refractivity contribution is 0.204. The highest BCUT2D eigenvalue weighted by atomic mass is 32.2. The lowest BCUT2D eigenvalue weighted by Gasteiger charge is -2.37. The van der Waals surface area contributed by atoms with Crippen molar-refractivity contribution in [3.8, 4) is 6.07 Å². The van der Waals surface area contributed by atoms with Gasteiger partial charge in [-0.3, -0.25) is 4.90 Å². The highest BCUT2D eigenvalue weighted by Gasteiger charge is 2.25. The molecular formula is C15H20N2S. The maximum absolute atomic E-state index is 8.89. The van der Waals surface area contributed by atoms with Gasteiger partial charge in [-0.15, -0.1) is 0 Å². The van der Waals surface area contributed by atoms with E-state index < -0.39 is 0 Å². The van der Waals surface area contributed by atoms with E-state index in [2.05, 4.69) is 49.6 Å². The standard InChI is InChI=1S/C15H20N2S/c1-11-8-14(9-16)4-5-15(11)10-17-6-7-18-13(3)12(17)2/h4-5,8,12-13H,6-7,10H2,1-3H3. The molecule has 1 aromatic carbocycles. The maximum Gasteiger partial charge on any atom is 0.0991 e. The zero-order valence-electron chi connectivity index (χ0n) is 11.3. The van der Waals surface area contributed by atoms with Crippen molar-refractivity contribution in [2.75, 3.05) is 12.3 Å². The van der Waals surface area contributed by atoms with Crippen LogP contribution in [0.5, 0.6) is 0 Å². The summed E-state index contributed by atoms with van der Waals surface area (Å²) in [5, 5.41) is 9.59. The summed E-state index contributed by atoms with van der Waals surface area (Å²) in [6.45, 7) is 8.89. The first kappa shape index (κ1) is 13.5. The number of hydrogen-bond donors (Lipinski definition) is 0. The van der Waals surface area contributed by atoms with Crippen molar-refractivity contribution in [2.45, 2.75) is 38.6 Å². The van der Waals surface area contributed by atoms with Gasteiger partial charge in [0.05, 0.1) is 11.6 Å². The number of rotatable bonds is 2. The van der Waals surface area contributed by atoms with E-state index in [0.29, 0.717) is 11.3 Å². The van der Waals surface area contributed by atoms with E-state index in [1.165, 1.54) is 16.9 Å². The molecule has 2 rings (SSSR count). The Morgan fingerprint density at radius 3 is 2.89 bits per heavy atom. The van der Waals surface area contributed by atoms with E-state index in [0.717, 1.165) is 18.7 Å². The molecule has 1 heterocycles. The van der Waals surface area contributed by atoms with Gasteiger partial charge in [0.15, 0.2) is 0 Å². The summed E-state index contributed by atoms with van der Waals surface area (Å²) in [7, 11) is 0. The van der Waals surface area contributed by atoms with Gasteiger partial charge in [0.1, 0.15) is 0 Å². The molecule has 0 bridgehead atoms. The monoisotopic (exact) mass is 260 g/mol. The second kappa shape index (κ2) is 5.77. The van der Waals surface area contributed by atoms with Crippen LogP contribution in [0, 0.1) is 18.3 Å². The first-order valence-corrected chi connectivity index (χ1v) is 7.52. The summed E-state index contributed by atoms with van der Waals surface area (Å²) in [6, 6.07) is 8.84. The lowest BCUT2D eigenvalue weighted by atomic mass is 10.0. The van der Waals surface area contributed by atoms with Crippen LogP contribution in [0.1, 0.15) is 30.5 Å². The Hall–Kier alpha value is -0.980. The van der Waals surface area contributed by atoms with Gasteiger partial charge in [0.25, 0.3) is 0 Å². The number of nitriles is 1. The van der Waals surface area contributed by atoms with Crippen molar-refractivity contribution < 1.29 is 0 Å². The number of benzene rings is 1. The zero-order chi connectivity index (χ0) is 13.1. The van der Waals surface area contributed by atoms with E-state index in [-0.39, 0.29) is 0 Å². The van der Waals surface area contributed by atoms with Crippen LogP contribution in [0.25, 0.3) is 0 Å². The molecular weight excluding hydrogens is 240 g/mol. The van der Waals surface area contributed by atoms with Gasteiger partial charge in [-0.2, -0.15) is 17.0 Å². The Morgan fingerprint density at radius 1 is 1.44 bits per heavy atom. The highest BCUT2D eigenvalue weighted by Crippen LogP contribution is 2.26. The van der Waals surface area contributed by atoms with E-state index in [9.17, 15) is 0 Å². The number of thioether (sulfide) groups is 1. The minimum absolute atomic E-state index is 0.624. The molecule has 1 fully saturated rings. The molecule has 1 aromatic rings. The summed E-state index contributed by atoms with van der Waals surface area (Å²) >= 11 is 2.07. The maximum atomic E-state index is 8.89. The predicted molar refractivity (Wildman–Crippen MR) is 77.7 cm³/mol. The van der Waals surface area contributed by atoms with Crippen LogP contribution >= 0.6 is 11.8 Å². The normalized spacial score (nSPS) is 24.8. The fraction of sp³-hybridized carbons (Fsp3) is 0.533. The van der Waals surface area contributed by atoms with Crippen LogP contribution in [-0.2, 0) is 6.54 Å². The molecule has 0 amide bonds. The minimum atomic E-state index is 0.624. The largest absolute Gasteiger partial charge is 0.294 e. The predicted octanol–water partition coefficient (Wildman–Crippen LogP) is 3.19. The van der Waals surface area contributed by atoms with E-state index >= 15 is 0 Å². The summed E-state index contributed by atoms with van der Waals surface area (Å²) in [5.74, 6) is 1.22. The Kier molecular flexibility index (Phi) is 4.31. The van der Waals surface area contributed by atoms with Crippen molar-refractivity contribution in [1.29, 1.82) is 5.26 Å². The Labute approximate surface area is 114 Å². The average Bonchev–Trinajstić information content (AvgIpc) is 2.37. The number of hydrogen-bond acceptors (Lipinski definition) is 3. The van der Waals surface area contributed by atoms with Crippen molar-refractivity contribution in [2.24, 2.45) is 0 Å². The molecule has 0 saturated carbocycles. The Morgan fingerprint density at radius 2 is 2.22 bits per heavy atom. The second-order valence-corrected chi connectivity index (χ2v) is 6.53. The van der Waals surface area contributed by atoms with Crippen molar-refractivity contribution in [1.82, 2.24) is 4.90 Å². The van der Waals surface area contributed by atoms with Gasteiger partial charge in [-0.25, -0.2) is 0 Å². The Balaban J connectivity index is 2.12. The molecule has 2 nitrogen and oxygen atoms in total. The van der Waals surface area contributed by atoms with E-state index in [4.69, 9.17) is 5.26 Å². The van der Waals surface area contributed by atoms with Crippen LogP contribution in [0.15, 0.2) is 18.2 Å². The van der Waals surface area contributed by atoms with Gasteiger partial charge in [-0.1, -0.05) is 13.0 Å². The molecule has 1 aliphatic rings. The van der Waals surface area contributed by atoms with Gasteiger partial charge in [-0.05, 0) is 37.1 Å². The minimum Gasteiger partial charge on any atom is -0.294 e. The van der Waals surface area contributed by atoms with Crippen molar-refractivity contribution in [3.63, 3.8) is 0 Å². The zero-order valence-corrected chi connectivity index (χ0v) is 12.1. The molecule has 0 aromatic heterocycles. The molecule has 3 heteroatoms. The van der Waals surface area contributed by atoms with Gasteiger partial charge < -0.3 is 0 Å². The third kappa shape index (κ3) is 2.88. The Bertz CT molecular complexity index is 464. The van der Waals surface area contributed by atoms with E-state index in [1.54, 1.807) is 0 Å². The fourth-order valence-electron chi connectivity index (χ4n) is 2.38. The SMILES string of the molecule is Cc1cc(C#N)ccc1CN1CCSC(C)C1C. The molecule has 0 aliphatic carbocycles. The first-order valence-electron chi connectivity index (χ1n) is 6.47. The first-order chi connectivity index (χ1) is 8.61.